The van der Waals surface area contributed by atoms with Crippen molar-refractivity contribution in [2.75, 3.05) is 50.8 Å². The molecule has 0 radical (unpaired) electrons. The third-order valence-corrected chi connectivity index (χ3v) is 9.45. The van der Waals surface area contributed by atoms with Crippen LogP contribution in [0.4, 0.5) is 0 Å². The summed E-state index contributed by atoms with van der Waals surface area (Å²) in [4.78, 5) is 28.1. The third-order valence-electron chi connectivity index (χ3n) is 5.80. The molecule has 0 aromatic heterocycles. The van der Waals surface area contributed by atoms with Gasteiger partial charge in [0.25, 0.3) is 0 Å². The van der Waals surface area contributed by atoms with E-state index in [0.29, 0.717) is 10.5 Å². The molecular formula is C20H29N3O6S2. The predicted octanol–water partition coefficient (Wildman–Crippen LogP) is 0.174. The van der Waals surface area contributed by atoms with Gasteiger partial charge in [-0.2, -0.15) is 4.31 Å². The maximum atomic E-state index is 13.0. The largest absolute Gasteiger partial charge is 0.341 e. The van der Waals surface area contributed by atoms with E-state index in [2.05, 4.69) is 0 Å². The quantitative estimate of drug-likeness (QED) is 0.605. The van der Waals surface area contributed by atoms with Crippen LogP contribution in [0.15, 0.2) is 23.1 Å². The van der Waals surface area contributed by atoms with Crippen LogP contribution in [0.1, 0.15) is 24.0 Å². The molecule has 0 bridgehead atoms. The van der Waals surface area contributed by atoms with E-state index >= 15 is 0 Å². The van der Waals surface area contributed by atoms with Crippen LogP contribution >= 0.6 is 0 Å². The summed E-state index contributed by atoms with van der Waals surface area (Å²) in [7, 11) is -6.69. The number of carbonyl (C=O) groups excluding carboxylic acids is 2. The molecule has 0 spiro atoms. The average Bonchev–Trinajstić information content (AvgIpc) is 2.73. The lowest BCUT2D eigenvalue weighted by Crippen LogP contribution is -2.50. The minimum Gasteiger partial charge on any atom is -0.341 e. The van der Waals surface area contributed by atoms with Crippen LogP contribution in [0.2, 0.25) is 0 Å². The second-order valence-electron chi connectivity index (χ2n) is 8.09. The Bertz CT molecular complexity index is 1050. The second kappa shape index (κ2) is 9.25. The van der Waals surface area contributed by atoms with E-state index in [1.165, 1.54) is 9.21 Å². The van der Waals surface area contributed by atoms with Crippen LogP contribution in [0.3, 0.4) is 0 Å². The van der Waals surface area contributed by atoms with Crippen LogP contribution in [-0.4, -0.2) is 93.5 Å². The molecule has 2 saturated heterocycles. The van der Waals surface area contributed by atoms with Gasteiger partial charge in [0.05, 0.1) is 16.4 Å². The van der Waals surface area contributed by atoms with E-state index in [0.717, 1.165) is 5.56 Å². The van der Waals surface area contributed by atoms with Gasteiger partial charge >= 0.3 is 0 Å². The topological polar surface area (TPSA) is 112 Å². The molecule has 2 aliphatic heterocycles. The molecule has 11 heteroatoms. The van der Waals surface area contributed by atoms with E-state index in [1.807, 2.05) is 13.0 Å². The summed E-state index contributed by atoms with van der Waals surface area (Å²) >= 11 is 0. The number of benzene rings is 1. The average molecular weight is 472 g/mol. The molecule has 172 valence electrons. The fourth-order valence-electron chi connectivity index (χ4n) is 3.79. The Morgan fingerprint density at radius 1 is 0.871 bits per heavy atom. The van der Waals surface area contributed by atoms with Gasteiger partial charge in [0.1, 0.15) is 0 Å². The number of rotatable bonds is 5. The monoisotopic (exact) mass is 471 g/mol. The summed E-state index contributed by atoms with van der Waals surface area (Å²) in [5.41, 5.74) is 1.56. The third kappa shape index (κ3) is 5.64. The number of aryl methyl sites for hydroxylation is 2. The molecule has 0 N–H and O–H groups in total. The van der Waals surface area contributed by atoms with Gasteiger partial charge in [-0.15, -0.1) is 0 Å². The van der Waals surface area contributed by atoms with Crippen molar-refractivity contribution in [3.8, 4) is 0 Å². The lowest BCUT2D eigenvalue weighted by atomic mass is 10.2. The van der Waals surface area contributed by atoms with Crippen molar-refractivity contribution >= 4 is 31.7 Å². The maximum Gasteiger partial charge on any atom is 0.243 e. The molecule has 3 rings (SSSR count). The van der Waals surface area contributed by atoms with Crippen LogP contribution in [0.5, 0.6) is 0 Å². The standard InChI is InChI=1S/C20H29N3O6S2/c1-16-3-4-17(2)18(15-16)31(28,29)23-9-7-21(8-10-23)19(24)5-6-20(25)22-11-13-30(26,27)14-12-22/h3-4,15H,5-14H2,1-2H3. The van der Waals surface area contributed by atoms with Crippen LogP contribution < -0.4 is 0 Å². The highest BCUT2D eigenvalue weighted by Gasteiger charge is 2.31. The number of carbonyl (C=O) groups is 2. The van der Waals surface area contributed by atoms with E-state index < -0.39 is 19.9 Å². The molecule has 2 aliphatic rings. The molecule has 2 fully saturated rings. The molecule has 2 heterocycles. The number of hydrogen-bond acceptors (Lipinski definition) is 6. The minimum absolute atomic E-state index is 0.0277. The number of hydrogen-bond donors (Lipinski definition) is 0. The summed E-state index contributed by atoms with van der Waals surface area (Å²) in [6.45, 7) is 4.92. The number of sulfone groups is 1. The summed E-state index contributed by atoms with van der Waals surface area (Å²) < 4.78 is 50.3. The molecule has 1 aromatic rings. The SMILES string of the molecule is Cc1ccc(C)c(S(=O)(=O)N2CCN(C(=O)CCC(=O)N3CCS(=O)(=O)CC3)CC2)c1. The highest BCUT2D eigenvalue weighted by atomic mass is 32.2. The van der Waals surface area contributed by atoms with Crippen molar-refractivity contribution in [3.63, 3.8) is 0 Å². The van der Waals surface area contributed by atoms with Gasteiger partial charge in [0.15, 0.2) is 9.84 Å². The first-order valence-electron chi connectivity index (χ1n) is 10.3. The van der Waals surface area contributed by atoms with E-state index in [9.17, 15) is 26.4 Å². The Morgan fingerprint density at radius 3 is 1.94 bits per heavy atom. The summed E-state index contributed by atoms with van der Waals surface area (Å²) in [6.07, 6.45) is 0.0612. The first-order chi connectivity index (χ1) is 14.5. The molecule has 0 atom stereocenters. The summed E-state index contributed by atoms with van der Waals surface area (Å²) in [6, 6.07) is 5.32. The molecular weight excluding hydrogens is 442 g/mol. The van der Waals surface area contributed by atoms with Crippen molar-refractivity contribution in [1.29, 1.82) is 0 Å². The van der Waals surface area contributed by atoms with Crippen molar-refractivity contribution in [2.45, 2.75) is 31.6 Å². The molecule has 2 amide bonds. The van der Waals surface area contributed by atoms with Gasteiger partial charge in [-0.3, -0.25) is 9.59 Å². The Kier molecular flexibility index (Phi) is 7.07. The summed E-state index contributed by atoms with van der Waals surface area (Å²) in [5, 5.41) is 0. The lowest BCUT2D eigenvalue weighted by molar-refractivity contribution is -0.137. The van der Waals surface area contributed by atoms with Gasteiger partial charge in [-0.1, -0.05) is 12.1 Å². The Hall–Kier alpha value is -1.98. The minimum atomic E-state index is -3.63. The lowest BCUT2D eigenvalue weighted by Gasteiger charge is -2.34. The smallest absolute Gasteiger partial charge is 0.243 e. The van der Waals surface area contributed by atoms with Crippen LogP contribution in [0, 0.1) is 13.8 Å². The number of sulfonamides is 1. The predicted molar refractivity (Wildman–Crippen MR) is 116 cm³/mol. The van der Waals surface area contributed by atoms with E-state index in [1.54, 1.807) is 24.0 Å². The van der Waals surface area contributed by atoms with Gasteiger partial charge in [-0.05, 0) is 31.0 Å². The van der Waals surface area contributed by atoms with Crippen molar-refractivity contribution < 1.29 is 26.4 Å². The molecule has 9 nitrogen and oxygen atoms in total. The molecule has 0 aliphatic carbocycles. The maximum absolute atomic E-state index is 13.0. The van der Waals surface area contributed by atoms with Crippen molar-refractivity contribution in [2.24, 2.45) is 0 Å². The fourth-order valence-corrected chi connectivity index (χ4v) is 6.73. The van der Waals surface area contributed by atoms with E-state index in [-0.39, 0.29) is 75.4 Å². The normalized spacial score (nSPS) is 19.9. The highest BCUT2D eigenvalue weighted by Crippen LogP contribution is 2.22. The van der Waals surface area contributed by atoms with Gasteiger partial charge in [-0.25, -0.2) is 16.8 Å². The van der Waals surface area contributed by atoms with Crippen LogP contribution in [-0.2, 0) is 29.4 Å². The Morgan fingerprint density at radius 2 is 1.39 bits per heavy atom. The second-order valence-corrected chi connectivity index (χ2v) is 12.3. The first kappa shape index (κ1) is 23.7. The van der Waals surface area contributed by atoms with Crippen molar-refractivity contribution in [1.82, 2.24) is 14.1 Å². The molecule has 1 aromatic carbocycles. The molecule has 0 unspecified atom stereocenters. The van der Waals surface area contributed by atoms with Gasteiger partial charge in [0.2, 0.25) is 21.8 Å². The summed E-state index contributed by atoms with van der Waals surface area (Å²) in [5.74, 6) is -0.492. The zero-order valence-corrected chi connectivity index (χ0v) is 19.5. The highest BCUT2D eigenvalue weighted by molar-refractivity contribution is 7.91. The number of nitrogens with zero attached hydrogens (tertiary/aromatic N) is 3. The molecule has 0 saturated carbocycles. The zero-order valence-electron chi connectivity index (χ0n) is 17.9. The van der Waals surface area contributed by atoms with Crippen LogP contribution in [0.25, 0.3) is 0 Å². The number of amides is 2. The fraction of sp³-hybridized carbons (Fsp3) is 0.600. The molecule has 31 heavy (non-hydrogen) atoms. The van der Waals surface area contributed by atoms with Gasteiger partial charge < -0.3 is 9.80 Å². The zero-order chi connectivity index (χ0) is 22.8. The van der Waals surface area contributed by atoms with E-state index in [4.69, 9.17) is 0 Å². The number of piperazine rings is 1. The van der Waals surface area contributed by atoms with Crippen molar-refractivity contribution in [3.05, 3.63) is 29.3 Å². The first-order valence-corrected chi connectivity index (χ1v) is 13.6. The Labute approximate surface area is 184 Å². The van der Waals surface area contributed by atoms with Gasteiger partial charge in [0, 0.05) is 52.1 Å². The Balaban J connectivity index is 1.50.